The standard InChI is InChI=1S/C21H26ClN3O/c1-16(2)17-6-8-19(9-7-17)23-15-21(26)25-12-10-24(11-13-25)20-5-3-4-18(22)14-20/h3-9,14,16,23H,10-13,15H2,1-2H3. The zero-order valence-corrected chi connectivity index (χ0v) is 16.2. The van der Waals surface area contributed by atoms with Crippen LogP contribution in [0, 0.1) is 0 Å². The fraction of sp³-hybridized carbons (Fsp3) is 0.381. The predicted octanol–water partition coefficient (Wildman–Crippen LogP) is 4.22. The minimum Gasteiger partial charge on any atom is -0.376 e. The van der Waals surface area contributed by atoms with Gasteiger partial charge >= 0.3 is 0 Å². The Morgan fingerprint density at radius 2 is 1.77 bits per heavy atom. The zero-order chi connectivity index (χ0) is 18.5. The molecule has 0 radical (unpaired) electrons. The maximum Gasteiger partial charge on any atom is 0.241 e. The summed E-state index contributed by atoms with van der Waals surface area (Å²) in [4.78, 5) is 16.7. The fourth-order valence-corrected chi connectivity index (χ4v) is 3.35. The number of anilines is 2. The van der Waals surface area contributed by atoms with E-state index in [9.17, 15) is 4.79 Å². The first-order valence-electron chi connectivity index (χ1n) is 9.15. The summed E-state index contributed by atoms with van der Waals surface area (Å²) in [6.07, 6.45) is 0. The van der Waals surface area contributed by atoms with Crippen LogP contribution in [0.15, 0.2) is 48.5 Å². The Morgan fingerprint density at radius 3 is 2.38 bits per heavy atom. The highest BCUT2D eigenvalue weighted by molar-refractivity contribution is 6.30. The molecular formula is C21H26ClN3O. The van der Waals surface area contributed by atoms with E-state index in [0.29, 0.717) is 12.5 Å². The second kappa shape index (κ2) is 8.45. The molecule has 138 valence electrons. The van der Waals surface area contributed by atoms with Gasteiger partial charge in [-0.15, -0.1) is 0 Å². The van der Waals surface area contributed by atoms with Gasteiger partial charge in [-0.2, -0.15) is 0 Å². The van der Waals surface area contributed by atoms with E-state index in [2.05, 4.69) is 42.3 Å². The number of nitrogens with zero attached hydrogens (tertiary/aromatic N) is 2. The van der Waals surface area contributed by atoms with Gasteiger partial charge in [0.1, 0.15) is 0 Å². The van der Waals surface area contributed by atoms with Crippen molar-refractivity contribution in [3.8, 4) is 0 Å². The normalized spacial score (nSPS) is 14.6. The van der Waals surface area contributed by atoms with Crippen LogP contribution in [0.1, 0.15) is 25.3 Å². The van der Waals surface area contributed by atoms with Crippen LogP contribution >= 0.6 is 11.6 Å². The second-order valence-electron chi connectivity index (χ2n) is 6.98. The van der Waals surface area contributed by atoms with Crippen molar-refractivity contribution >= 4 is 28.9 Å². The Morgan fingerprint density at radius 1 is 1.08 bits per heavy atom. The number of piperazine rings is 1. The number of hydrogen-bond acceptors (Lipinski definition) is 3. The van der Waals surface area contributed by atoms with Gasteiger partial charge in [0, 0.05) is 42.6 Å². The molecule has 0 saturated carbocycles. The molecule has 5 heteroatoms. The van der Waals surface area contributed by atoms with Crippen LogP contribution in [0.5, 0.6) is 0 Å². The van der Waals surface area contributed by atoms with Gasteiger partial charge in [-0.25, -0.2) is 0 Å². The van der Waals surface area contributed by atoms with Gasteiger partial charge in [-0.1, -0.05) is 43.6 Å². The molecule has 1 heterocycles. The van der Waals surface area contributed by atoms with E-state index in [0.717, 1.165) is 42.6 Å². The van der Waals surface area contributed by atoms with Gasteiger partial charge in [0.15, 0.2) is 0 Å². The highest BCUT2D eigenvalue weighted by atomic mass is 35.5. The molecule has 4 nitrogen and oxygen atoms in total. The van der Waals surface area contributed by atoms with Crippen molar-refractivity contribution in [1.29, 1.82) is 0 Å². The average molecular weight is 372 g/mol. The molecule has 3 rings (SSSR count). The summed E-state index contributed by atoms with van der Waals surface area (Å²) < 4.78 is 0. The van der Waals surface area contributed by atoms with Crippen molar-refractivity contribution in [2.24, 2.45) is 0 Å². The molecule has 0 bridgehead atoms. The van der Waals surface area contributed by atoms with Gasteiger partial charge in [-0.3, -0.25) is 4.79 Å². The van der Waals surface area contributed by atoms with Crippen molar-refractivity contribution < 1.29 is 4.79 Å². The minimum atomic E-state index is 0.142. The van der Waals surface area contributed by atoms with Crippen molar-refractivity contribution in [3.63, 3.8) is 0 Å². The number of carbonyl (C=O) groups is 1. The number of carbonyl (C=O) groups excluding carboxylic acids is 1. The lowest BCUT2D eigenvalue weighted by Crippen LogP contribution is -2.50. The summed E-state index contributed by atoms with van der Waals surface area (Å²) in [5, 5.41) is 3.98. The number of rotatable bonds is 5. The molecule has 0 unspecified atom stereocenters. The number of hydrogen-bond donors (Lipinski definition) is 1. The van der Waals surface area contributed by atoms with E-state index >= 15 is 0 Å². The van der Waals surface area contributed by atoms with E-state index in [1.165, 1.54) is 5.56 Å². The Bertz CT molecular complexity index is 737. The molecule has 2 aromatic rings. The molecule has 2 aromatic carbocycles. The lowest BCUT2D eigenvalue weighted by molar-refractivity contribution is -0.129. The molecule has 0 aromatic heterocycles. The number of benzene rings is 2. The van der Waals surface area contributed by atoms with Crippen LogP contribution in [-0.4, -0.2) is 43.5 Å². The van der Waals surface area contributed by atoms with Crippen molar-refractivity contribution in [2.75, 3.05) is 42.9 Å². The topological polar surface area (TPSA) is 35.6 Å². The van der Waals surface area contributed by atoms with E-state index < -0.39 is 0 Å². The van der Waals surface area contributed by atoms with Gasteiger partial charge in [0.25, 0.3) is 0 Å². The predicted molar refractivity (Wildman–Crippen MR) is 109 cm³/mol. The van der Waals surface area contributed by atoms with Crippen LogP contribution < -0.4 is 10.2 Å². The van der Waals surface area contributed by atoms with Gasteiger partial charge < -0.3 is 15.1 Å². The average Bonchev–Trinajstić information content (AvgIpc) is 2.66. The van der Waals surface area contributed by atoms with Crippen LogP contribution in [-0.2, 0) is 4.79 Å². The van der Waals surface area contributed by atoms with Crippen LogP contribution in [0.3, 0.4) is 0 Å². The smallest absolute Gasteiger partial charge is 0.241 e. The monoisotopic (exact) mass is 371 g/mol. The number of halogens is 1. The highest BCUT2D eigenvalue weighted by Crippen LogP contribution is 2.21. The summed E-state index contributed by atoms with van der Waals surface area (Å²) in [5.41, 5.74) is 3.41. The maximum atomic E-state index is 12.5. The van der Waals surface area contributed by atoms with E-state index in [1.54, 1.807) is 0 Å². The first-order chi connectivity index (χ1) is 12.5. The van der Waals surface area contributed by atoms with Crippen molar-refractivity contribution in [1.82, 2.24) is 4.90 Å². The summed E-state index contributed by atoms with van der Waals surface area (Å²) in [6.45, 7) is 7.81. The quantitative estimate of drug-likeness (QED) is 0.854. The second-order valence-corrected chi connectivity index (χ2v) is 7.41. The van der Waals surface area contributed by atoms with Crippen molar-refractivity contribution in [3.05, 3.63) is 59.1 Å². The Labute approximate surface area is 160 Å². The lowest BCUT2D eigenvalue weighted by Gasteiger charge is -2.36. The molecule has 1 aliphatic rings. The molecule has 1 amide bonds. The summed E-state index contributed by atoms with van der Waals surface area (Å²) in [6, 6.07) is 16.2. The molecule has 1 saturated heterocycles. The zero-order valence-electron chi connectivity index (χ0n) is 15.4. The molecule has 0 atom stereocenters. The van der Waals surface area contributed by atoms with E-state index in [1.807, 2.05) is 35.2 Å². The molecule has 0 aliphatic carbocycles. The maximum absolute atomic E-state index is 12.5. The summed E-state index contributed by atoms with van der Waals surface area (Å²) in [5.74, 6) is 0.658. The first-order valence-corrected chi connectivity index (χ1v) is 9.53. The van der Waals surface area contributed by atoms with Gasteiger partial charge in [0.05, 0.1) is 6.54 Å². The highest BCUT2D eigenvalue weighted by Gasteiger charge is 2.21. The minimum absolute atomic E-state index is 0.142. The molecule has 1 fully saturated rings. The van der Waals surface area contributed by atoms with Crippen molar-refractivity contribution in [2.45, 2.75) is 19.8 Å². The van der Waals surface area contributed by atoms with Gasteiger partial charge in [0.2, 0.25) is 5.91 Å². The third-order valence-electron chi connectivity index (χ3n) is 4.83. The molecule has 1 N–H and O–H groups in total. The molecular weight excluding hydrogens is 346 g/mol. The molecule has 1 aliphatic heterocycles. The van der Waals surface area contributed by atoms with Crippen LogP contribution in [0.25, 0.3) is 0 Å². The number of amides is 1. The molecule has 0 spiro atoms. The van der Waals surface area contributed by atoms with Gasteiger partial charge in [-0.05, 0) is 41.8 Å². The summed E-state index contributed by atoms with van der Waals surface area (Å²) >= 11 is 6.07. The van der Waals surface area contributed by atoms with Crippen LogP contribution in [0.4, 0.5) is 11.4 Å². The van der Waals surface area contributed by atoms with E-state index in [4.69, 9.17) is 11.6 Å². The van der Waals surface area contributed by atoms with Crippen LogP contribution in [0.2, 0.25) is 5.02 Å². The Kier molecular flexibility index (Phi) is 6.04. The Balaban J connectivity index is 1.47. The van der Waals surface area contributed by atoms with E-state index in [-0.39, 0.29) is 5.91 Å². The summed E-state index contributed by atoms with van der Waals surface area (Å²) in [7, 11) is 0. The third-order valence-corrected chi connectivity index (χ3v) is 5.06. The first kappa shape index (κ1) is 18.6. The SMILES string of the molecule is CC(C)c1ccc(NCC(=O)N2CCN(c3cccc(Cl)c3)CC2)cc1. The Hall–Kier alpha value is -2.20. The number of nitrogens with one attached hydrogen (secondary N) is 1. The fourth-order valence-electron chi connectivity index (χ4n) is 3.16. The molecule has 26 heavy (non-hydrogen) atoms. The lowest BCUT2D eigenvalue weighted by atomic mass is 10.0. The largest absolute Gasteiger partial charge is 0.376 e. The third kappa shape index (κ3) is 4.70.